The fourth-order valence-electron chi connectivity index (χ4n) is 3.52. The highest BCUT2D eigenvalue weighted by Crippen LogP contribution is 2.28. The van der Waals surface area contributed by atoms with Gasteiger partial charge in [0, 0.05) is 49.5 Å². The number of benzene rings is 1. The van der Waals surface area contributed by atoms with Gasteiger partial charge in [-0.25, -0.2) is 4.39 Å². The first-order valence-electron chi connectivity index (χ1n) is 10.3. The molecule has 1 heterocycles. The number of halogens is 2. The van der Waals surface area contributed by atoms with E-state index in [4.69, 9.17) is 31.9 Å². The molecule has 4 N–H and O–H groups in total. The standard InChI is InChI=1S/C23H26ClFN4O4/c1-3-27-19-12-20(32-2)21(33-15-6-8-29(9-7-15)22(31)13-30)11-16(19)23(26)28-14-4-5-18(25)17(24)10-14/h3-5,10-12,15,28,30H,1,6-9,13,26H2,2H3/b23-16+,27-19-. The Morgan fingerprint density at radius 2 is 2.12 bits per heavy atom. The van der Waals surface area contributed by atoms with Gasteiger partial charge in [-0.05, 0) is 24.3 Å². The van der Waals surface area contributed by atoms with Crippen molar-refractivity contribution in [3.63, 3.8) is 0 Å². The van der Waals surface area contributed by atoms with Crippen LogP contribution in [0.3, 0.4) is 0 Å². The van der Waals surface area contributed by atoms with Crippen molar-refractivity contribution in [3.05, 3.63) is 76.9 Å². The van der Waals surface area contributed by atoms with Crippen LogP contribution in [0.1, 0.15) is 12.8 Å². The third-order valence-corrected chi connectivity index (χ3v) is 5.51. The molecule has 176 valence electrons. The SMILES string of the molecule is C=C/N=C1/C=C(OC)C(OC2CCN(C(=O)CO)CC2)=C/C1=C(/N)Nc1ccc(F)c(Cl)c1. The molecule has 8 nitrogen and oxygen atoms in total. The quantitative estimate of drug-likeness (QED) is 0.558. The van der Waals surface area contributed by atoms with E-state index in [2.05, 4.69) is 16.9 Å². The lowest BCUT2D eigenvalue weighted by molar-refractivity contribution is -0.136. The van der Waals surface area contributed by atoms with E-state index in [1.807, 2.05) is 0 Å². The molecule has 1 saturated heterocycles. The third-order valence-electron chi connectivity index (χ3n) is 5.22. The van der Waals surface area contributed by atoms with E-state index < -0.39 is 12.4 Å². The summed E-state index contributed by atoms with van der Waals surface area (Å²) in [7, 11) is 1.52. The van der Waals surface area contributed by atoms with Gasteiger partial charge in [0.1, 0.15) is 24.3 Å². The van der Waals surface area contributed by atoms with E-state index >= 15 is 0 Å². The number of anilines is 1. The van der Waals surface area contributed by atoms with Gasteiger partial charge in [-0.2, -0.15) is 0 Å². The number of rotatable bonds is 7. The molecule has 0 atom stereocenters. The molecule has 1 aromatic rings. The monoisotopic (exact) mass is 476 g/mol. The first-order chi connectivity index (χ1) is 15.9. The minimum Gasteiger partial charge on any atom is -0.493 e. The Hall–Kier alpha value is -3.30. The molecular weight excluding hydrogens is 451 g/mol. The Morgan fingerprint density at radius 3 is 2.73 bits per heavy atom. The number of hydrogen-bond acceptors (Lipinski definition) is 7. The summed E-state index contributed by atoms with van der Waals surface area (Å²) in [6, 6.07) is 4.18. The van der Waals surface area contributed by atoms with Crippen LogP contribution in [0.4, 0.5) is 10.1 Å². The summed E-state index contributed by atoms with van der Waals surface area (Å²) >= 11 is 5.86. The maximum absolute atomic E-state index is 13.5. The number of nitrogens with two attached hydrogens (primary N) is 1. The Labute approximate surface area is 196 Å². The predicted octanol–water partition coefficient (Wildman–Crippen LogP) is 3.07. The fraction of sp³-hybridized carbons (Fsp3) is 0.304. The van der Waals surface area contributed by atoms with Crippen LogP contribution in [-0.2, 0) is 14.3 Å². The molecule has 10 heteroatoms. The molecule has 0 saturated carbocycles. The topological polar surface area (TPSA) is 109 Å². The normalized spacial score (nSPS) is 19.5. The maximum atomic E-state index is 13.5. The van der Waals surface area contributed by atoms with E-state index in [-0.39, 0.29) is 22.9 Å². The van der Waals surface area contributed by atoms with Crippen LogP contribution in [0.25, 0.3) is 0 Å². The zero-order chi connectivity index (χ0) is 24.0. The van der Waals surface area contributed by atoms with Crippen LogP contribution in [0.15, 0.2) is 71.0 Å². The number of carbonyl (C=O) groups is 1. The molecule has 0 unspecified atom stereocenters. The molecule has 1 aromatic carbocycles. The number of likely N-dealkylation sites (tertiary alicyclic amines) is 1. The Morgan fingerprint density at radius 1 is 1.39 bits per heavy atom. The summed E-state index contributed by atoms with van der Waals surface area (Å²) in [5.74, 6) is 0.345. The lowest BCUT2D eigenvalue weighted by atomic mass is 10.0. The second-order valence-electron chi connectivity index (χ2n) is 7.36. The maximum Gasteiger partial charge on any atom is 0.248 e. The molecular formula is C23H26ClFN4O4. The molecule has 0 bridgehead atoms. The van der Waals surface area contributed by atoms with Gasteiger partial charge in [0.25, 0.3) is 0 Å². The number of aliphatic hydroxyl groups is 1. The first kappa shape index (κ1) is 24.3. The van der Waals surface area contributed by atoms with Gasteiger partial charge in [-0.15, -0.1) is 0 Å². The van der Waals surface area contributed by atoms with Crippen molar-refractivity contribution in [1.82, 2.24) is 4.90 Å². The molecule has 3 rings (SSSR count). The Bertz CT molecular complexity index is 1040. The first-order valence-corrected chi connectivity index (χ1v) is 10.7. The highest BCUT2D eigenvalue weighted by atomic mass is 35.5. The summed E-state index contributed by atoms with van der Waals surface area (Å²) in [4.78, 5) is 17.6. The van der Waals surface area contributed by atoms with Crippen LogP contribution in [0.2, 0.25) is 5.02 Å². The van der Waals surface area contributed by atoms with Gasteiger partial charge in [-0.3, -0.25) is 9.79 Å². The van der Waals surface area contributed by atoms with Gasteiger partial charge >= 0.3 is 0 Å². The van der Waals surface area contributed by atoms with E-state index in [0.29, 0.717) is 54.4 Å². The average Bonchev–Trinajstić information content (AvgIpc) is 2.82. The fourth-order valence-corrected chi connectivity index (χ4v) is 3.70. The zero-order valence-corrected chi connectivity index (χ0v) is 18.9. The number of carbonyl (C=O) groups excluding carboxylic acids is 1. The number of methoxy groups -OCH3 is 1. The molecule has 1 aliphatic carbocycles. The van der Waals surface area contributed by atoms with Crippen molar-refractivity contribution < 1.29 is 23.8 Å². The summed E-state index contributed by atoms with van der Waals surface area (Å²) in [6.45, 7) is 4.12. The number of hydrogen-bond donors (Lipinski definition) is 3. The van der Waals surface area contributed by atoms with Crippen LogP contribution in [-0.4, -0.2) is 54.5 Å². The molecule has 1 aliphatic heterocycles. The highest BCUT2D eigenvalue weighted by molar-refractivity contribution is 6.31. The lowest BCUT2D eigenvalue weighted by Crippen LogP contribution is -2.42. The van der Waals surface area contributed by atoms with Crippen LogP contribution >= 0.6 is 11.6 Å². The van der Waals surface area contributed by atoms with Gasteiger partial charge in [0.05, 0.1) is 17.8 Å². The molecule has 0 aromatic heterocycles. The van der Waals surface area contributed by atoms with Gasteiger partial charge in [0.2, 0.25) is 5.91 Å². The van der Waals surface area contributed by atoms with Crippen molar-refractivity contribution in [3.8, 4) is 0 Å². The Kier molecular flexibility index (Phi) is 8.13. The molecule has 33 heavy (non-hydrogen) atoms. The molecule has 2 aliphatic rings. The van der Waals surface area contributed by atoms with Crippen molar-refractivity contribution in [2.24, 2.45) is 10.7 Å². The number of aliphatic hydroxyl groups excluding tert-OH is 1. The smallest absolute Gasteiger partial charge is 0.248 e. The summed E-state index contributed by atoms with van der Waals surface area (Å²) in [5.41, 5.74) is 7.84. The summed E-state index contributed by atoms with van der Waals surface area (Å²) < 4.78 is 25.2. The number of piperidine rings is 1. The van der Waals surface area contributed by atoms with Gasteiger partial charge < -0.3 is 30.5 Å². The number of nitrogens with one attached hydrogen (secondary N) is 1. The highest BCUT2D eigenvalue weighted by Gasteiger charge is 2.27. The van der Waals surface area contributed by atoms with Crippen molar-refractivity contribution in [2.75, 3.05) is 32.1 Å². The minimum absolute atomic E-state index is 0.0337. The van der Waals surface area contributed by atoms with Gasteiger partial charge in [-0.1, -0.05) is 18.2 Å². The number of amides is 1. The molecule has 0 spiro atoms. The molecule has 0 radical (unpaired) electrons. The van der Waals surface area contributed by atoms with E-state index in [1.165, 1.54) is 31.5 Å². The predicted molar refractivity (Wildman–Crippen MR) is 125 cm³/mol. The lowest BCUT2D eigenvalue weighted by Gasteiger charge is -2.33. The number of ether oxygens (including phenoxy) is 2. The number of nitrogens with zero attached hydrogens (tertiary/aromatic N) is 2. The van der Waals surface area contributed by atoms with Gasteiger partial charge in [0.15, 0.2) is 11.5 Å². The number of aliphatic imine (C=N–C) groups is 1. The van der Waals surface area contributed by atoms with Crippen LogP contribution in [0.5, 0.6) is 0 Å². The largest absolute Gasteiger partial charge is 0.493 e. The van der Waals surface area contributed by atoms with Crippen LogP contribution in [0, 0.1) is 5.82 Å². The molecule has 1 fully saturated rings. The minimum atomic E-state index is -0.532. The number of allylic oxidation sites excluding steroid dienone is 3. The molecule has 1 amide bonds. The summed E-state index contributed by atoms with van der Waals surface area (Å²) in [5, 5.41) is 12.0. The van der Waals surface area contributed by atoms with E-state index in [1.54, 1.807) is 17.1 Å². The second kappa shape index (κ2) is 11.0. The Balaban J connectivity index is 1.85. The summed E-state index contributed by atoms with van der Waals surface area (Å²) in [6.07, 6.45) is 5.84. The van der Waals surface area contributed by atoms with Crippen LogP contribution < -0.4 is 11.1 Å². The third kappa shape index (κ3) is 5.94. The average molecular weight is 477 g/mol. The van der Waals surface area contributed by atoms with Crippen molar-refractivity contribution in [2.45, 2.75) is 18.9 Å². The zero-order valence-electron chi connectivity index (χ0n) is 18.2. The van der Waals surface area contributed by atoms with E-state index in [0.717, 1.165) is 0 Å². The van der Waals surface area contributed by atoms with Crippen molar-refractivity contribution in [1.29, 1.82) is 0 Å². The van der Waals surface area contributed by atoms with E-state index in [9.17, 15) is 9.18 Å². The van der Waals surface area contributed by atoms with Crippen molar-refractivity contribution >= 4 is 28.9 Å². The second-order valence-corrected chi connectivity index (χ2v) is 7.76.